The maximum absolute atomic E-state index is 11.7. The number of hydrogen-bond donors (Lipinski definition) is 2. The Bertz CT molecular complexity index is 490. The van der Waals surface area contributed by atoms with Crippen LogP contribution >= 0.6 is 0 Å². The van der Waals surface area contributed by atoms with Crippen LogP contribution in [0, 0.1) is 5.92 Å². The average molecular weight is 263 g/mol. The molecule has 2 rings (SSSR count). The minimum absolute atomic E-state index is 0.0269. The van der Waals surface area contributed by atoms with E-state index in [2.05, 4.69) is 10.3 Å². The molecule has 1 aliphatic heterocycles. The van der Waals surface area contributed by atoms with E-state index in [0.717, 1.165) is 19.4 Å². The van der Waals surface area contributed by atoms with Crippen molar-refractivity contribution in [1.29, 1.82) is 0 Å². The van der Waals surface area contributed by atoms with Crippen LogP contribution in [0.2, 0.25) is 0 Å². The molecule has 2 heterocycles. The minimum Gasteiger partial charge on any atom is -0.477 e. The number of aromatic nitrogens is 1. The van der Waals surface area contributed by atoms with Crippen molar-refractivity contribution in [3.63, 3.8) is 0 Å². The van der Waals surface area contributed by atoms with Crippen LogP contribution < -0.4 is 10.2 Å². The van der Waals surface area contributed by atoms with Gasteiger partial charge in [0.15, 0.2) is 5.69 Å². The van der Waals surface area contributed by atoms with Gasteiger partial charge < -0.3 is 15.3 Å². The van der Waals surface area contributed by atoms with Crippen LogP contribution in [0.5, 0.6) is 0 Å². The van der Waals surface area contributed by atoms with Crippen LogP contribution in [0.3, 0.4) is 0 Å². The highest BCUT2D eigenvalue weighted by Gasteiger charge is 2.26. The summed E-state index contributed by atoms with van der Waals surface area (Å²) in [5.74, 6) is -0.455. The van der Waals surface area contributed by atoms with Crippen LogP contribution in [-0.2, 0) is 4.79 Å². The Balaban J connectivity index is 2.15. The number of piperidine rings is 1. The third-order valence-corrected chi connectivity index (χ3v) is 3.32. The van der Waals surface area contributed by atoms with E-state index in [1.165, 1.54) is 6.07 Å². The van der Waals surface area contributed by atoms with Gasteiger partial charge in [0.25, 0.3) is 0 Å². The zero-order chi connectivity index (χ0) is 13.8. The molecule has 0 spiro atoms. The predicted molar refractivity (Wildman–Crippen MR) is 70.2 cm³/mol. The smallest absolute Gasteiger partial charge is 0.354 e. The van der Waals surface area contributed by atoms with Crippen LogP contribution in [0.25, 0.3) is 0 Å². The van der Waals surface area contributed by atoms with Gasteiger partial charge in [-0.1, -0.05) is 6.07 Å². The molecule has 1 aliphatic rings. The minimum atomic E-state index is -1.04. The molecule has 1 unspecified atom stereocenters. The quantitative estimate of drug-likeness (QED) is 0.840. The van der Waals surface area contributed by atoms with E-state index in [0.29, 0.717) is 12.4 Å². The molecule has 0 aliphatic carbocycles. The number of amides is 1. The lowest BCUT2D eigenvalue weighted by atomic mass is 9.97. The van der Waals surface area contributed by atoms with Crippen LogP contribution in [-0.4, -0.2) is 42.1 Å². The Morgan fingerprint density at radius 2 is 2.26 bits per heavy atom. The average Bonchev–Trinajstić information content (AvgIpc) is 2.46. The summed E-state index contributed by atoms with van der Waals surface area (Å²) in [5, 5.41) is 11.6. The lowest BCUT2D eigenvalue weighted by Crippen LogP contribution is -2.42. The fourth-order valence-electron chi connectivity index (χ4n) is 2.32. The van der Waals surface area contributed by atoms with Crippen molar-refractivity contribution in [3.05, 3.63) is 23.9 Å². The van der Waals surface area contributed by atoms with E-state index in [-0.39, 0.29) is 17.5 Å². The number of anilines is 1. The highest BCUT2D eigenvalue weighted by atomic mass is 16.4. The first kappa shape index (κ1) is 13.3. The predicted octanol–water partition coefficient (Wildman–Crippen LogP) is 0.742. The molecule has 0 saturated carbocycles. The van der Waals surface area contributed by atoms with Gasteiger partial charge in [0.2, 0.25) is 5.91 Å². The summed E-state index contributed by atoms with van der Waals surface area (Å²) in [7, 11) is 1.63. The molecule has 1 saturated heterocycles. The molecule has 2 N–H and O–H groups in total. The number of nitrogens with zero attached hydrogens (tertiary/aromatic N) is 2. The SMILES string of the molecule is CNC(=O)C1CCCN(c2cccc(C(=O)O)n2)C1. The van der Waals surface area contributed by atoms with Gasteiger partial charge in [-0.15, -0.1) is 0 Å². The zero-order valence-corrected chi connectivity index (χ0v) is 10.8. The molecule has 0 aromatic carbocycles. The van der Waals surface area contributed by atoms with E-state index in [1.54, 1.807) is 19.2 Å². The maximum Gasteiger partial charge on any atom is 0.354 e. The number of carbonyl (C=O) groups excluding carboxylic acids is 1. The Morgan fingerprint density at radius 3 is 2.95 bits per heavy atom. The zero-order valence-electron chi connectivity index (χ0n) is 10.8. The second kappa shape index (κ2) is 5.69. The van der Waals surface area contributed by atoms with Crippen molar-refractivity contribution in [2.75, 3.05) is 25.0 Å². The van der Waals surface area contributed by atoms with Crippen LogP contribution in [0.1, 0.15) is 23.3 Å². The molecule has 1 aromatic heterocycles. The molecule has 1 amide bonds. The van der Waals surface area contributed by atoms with E-state index >= 15 is 0 Å². The topological polar surface area (TPSA) is 82.5 Å². The molecule has 1 aromatic rings. The Morgan fingerprint density at radius 1 is 1.47 bits per heavy atom. The summed E-state index contributed by atoms with van der Waals surface area (Å²) in [6.07, 6.45) is 1.76. The lowest BCUT2D eigenvalue weighted by molar-refractivity contribution is -0.124. The van der Waals surface area contributed by atoms with Gasteiger partial charge in [0.05, 0.1) is 5.92 Å². The van der Waals surface area contributed by atoms with E-state index in [4.69, 9.17) is 5.11 Å². The summed E-state index contributed by atoms with van der Waals surface area (Å²) in [6, 6.07) is 4.92. The first-order valence-electron chi connectivity index (χ1n) is 6.28. The molecule has 6 heteroatoms. The Labute approximate surface area is 111 Å². The molecular formula is C13H17N3O3. The largest absolute Gasteiger partial charge is 0.477 e. The van der Waals surface area contributed by atoms with E-state index in [1.807, 2.05) is 4.90 Å². The number of carboxylic acids is 1. The van der Waals surface area contributed by atoms with Crippen molar-refractivity contribution in [3.8, 4) is 0 Å². The van der Waals surface area contributed by atoms with Crippen molar-refractivity contribution in [2.45, 2.75) is 12.8 Å². The summed E-state index contributed by atoms with van der Waals surface area (Å²) < 4.78 is 0. The van der Waals surface area contributed by atoms with Crippen LogP contribution in [0.15, 0.2) is 18.2 Å². The fourth-order valence-corrected chi connectivity index (χ4v) is 2.32. The molecule has 6 nitrogen and oxygen atoms in total. The number of aromatic carboxylic acids is 1. The lowest BCUT2D eigenvalue weighted by Gasteiger charge is -2.32. The Kier molecular flexibility index (Phi) is 3.99. The third-order valence-electron chi connectivity index (χ3n) is 3.32. The number of carboxylic acid groups (broad SMARTS) is 1. The summed E-state index contributed by atoms with van der Waals surface area (Å²) >= 11 is 0. The van der Waals surface area contributed by atoms with Crippen molar-refractivity contribution >= 4 is 17.7 Å². The number of nitrogens with one attached hydrogen (secondary N) is 1. The summed E-state index contributed by atoms with van der Waals surface area (Å²) in [5.41, 5.74) is 0.0274. The van der Waals surface area contributed by atoms with Crippen molar-refractivity contribution in [2.24, 2.45) is 5.92 Å². The van der Waals surface area contributed by atoms with E-state index in [9.17, 15) is 9.59 Å². The molecule has 0 radical (unpaired) electrons. The van der Waals surface area contributed by atoms with Gasteiger partial charge in [-0.25, -0.2) is 9.78 Å². The normalized spacial score (nSPS) is 19.0. The molecule has 1 fully saturated rings. The second-order valence-corrected chi connectivity index (χ2v) is 4.59. The highest BCUT2D eigenvalue weighted by Crippen LogP contribution is 2.22. The molecule has 1 atom stereocenters. The first-order valence-corrected chi connectivity index (χ1v) is 6.28. The van der Waals surface area contributed by atoms with Gasteiger partial charge in [-0.05, 0) is 25.0 Å². The maximum atomic E-state index is 11.7. The van der Waals surface area contributed by atoms with Gasteiger partial charge in [0, 0.05) is 20.1 Å². The van der Waals surface area contributed by atoms with Gasteiger partial charge in [-0.3, -0.25) is 4.79 Å². The summed E-state index contributed by atoms with van der Waals surface area (Å²) in [6.45, 7) is 1.37. The van der Waals surface area contributed by atoms with Gasteiger partial charge in [-0.2, -0.15) is 0 Å². The van der Waals surface area contributed by atoms with Gasteiger partial charge in [0.1, 0.15) is 5.82 Å². The molecule has 102 valence electrons. The van der Waals surface area contributed by atoms with Crippen molar-refractivity contribution < 1.29 is 14.7 Å². The highest BCUT2D eigenvalue weighted by molar-refractivity contribution is 5.85. The Hall–Kier alpha value is -2.11. The van der Waals surface area contributed by atoms with Gasteiger partial charge >= 0.3 is 5.97 Å². The van der Waals surface area contributed by atoms with Crippen LogP contribution in [0.4, 0.5) is 5.82 Å². The summed E-state index contributed by atoms with van der Waals surface area (Å²) in [4.78, 5) is 28.7. The first-order chi connectivity index (χ1) is 9.11. The van der Waals surface area contributed by atoms with Crippen molar-refractivity contribution in [1.82, 2.24) is 10.3 Å². The van der Waals surface area contributed by atoms with E-state index < -0.39 is 5.97 Å². The third kappa shape index (κ3) is 3.01. The molecule has 19 heavy (non-hydrogen) atoms. The number of rotatable bonds is 3. The number of hydrogen-bond acceptors (Lipinski definition) is 4. The monoisotopic (exact) mass is 263 g/mol. The molecular weight excluding hydrogens is 246 g/mol. The second-order valence-electron chi connectivity index (χ2n) is 4.59. The molecule has 0 bridgehead atoms. The standard InChI is InChI=1S/C13H17N3O3/c1-14-12(17)9-4-3-7-16(8-9)11-6-2-5-10(15-11)13(18)19/h2,5-6,9H,3-4,7-8H2,1H3,(H,14,17)(H,18,19). The number of pyridine rings is 1. The fraction of sp³-hybridized carbons (Fsp3) is 0.462. The number of carbonyl (C=O) groups is 2.